The maximum atomic E-state index is 11.5. The number of hydrogen-bond donors (Lipinski definition) is 1. The Kier molecular flexibility index (Phi) is 24.4. The molecule has 0 heterocycles. The van der Waals surface area contributed by atoms with E-state index >= 15 is 0 Å². The Hall–Kier alpha value is 0.870. The molecule has 6 heteroatoms. The third-order valence-corrected chi connectivity index (χ3v) is 6.97. The predicted molar refractivity (Wildman–Crippen MR) is 119 cm³/mol. The SMILES string of the molecule is CCCCCCCCCCCCCCC(CCCCCCC(C)O)S(=O)(=O)[O-].[Na+]. The van der Waals surface area contributed by atoms with Crippen LogP contribution >= 0.6 is 0 Å². The molecule has 0 aliphatic heterocycles. The summed E-state index contributed by atoms with van der Waals surface area (Å²) in [5, 5.41) is 8.52. The second-order valence-electron chi connectivity index (χ2n) is 8.63. The summed E-state index contributed by atoms with van der Waals surface area (Å²) in [7, 11) is -4.18. The van der Waals surface area contributed by atoms with Crippen molar-refractivity contribution in [2.75, 3.05) is 0 Å². The van der Waals surface area contributed by atoms with Gasteiger partial charge in [-0.3, -0.25) is 0 Å². The Morgan fingerprint density at radius 3 is 1.28 bits per heavy atom. The minimum atomic E-state index is -4.18. The minimum absolute atomic E-state index is 0. The van der Waals surface area contributed by atoms with Crippen LogP contribution in [-0.2, 0) is 10.1 Å². The molecule has 0 radical (unpaired) electrons. The fourth-order valence-electron chi connectivity index (χ4n) is 3.81. The first-order valence-electron chi connectivity index (χ1n) is 12.0. The van der Waals surface area contributed by atoms with Crippen LogP contribution < -0.4 is 29.6 Å². The maximum absolute atomic E-state index is 11.5. The molecule has 0 saturated carbocycles. The van der Waals surface area contributed by atoms with E-state index in [9.17, 15) is 18.1 Å². The summed E-state index contributed by atoms with van der Waals surface area (Å²) in [5.41, 5.74) is 0. The molecule has 0 rings (SSSR count). The van der Waals surface area contributed by atoms with Crippen LogP contribution in [0.4, 0.5) is 0 Å². The molecule has 1 N–H and O–H groups in total. The van der Waals surface area contributed by atoms with Gasteiger partial charge in [0.15, 0.2) is 0 Å². The zero-order chi connectivity index (χ0) is 21.1. The average Bonchev–Trinajstić information content (AvgIpc) is 2.62. The molecule has 0 spiro atoms. The van der Waals surface area contributed by atoms with E-state index in [-0.39, 0.29) is 35.7 Å². The van der Waals surface area contributed by atoms with Crippen molar-refractivity contribution in [3.63, 3.8) is 0 Å². The number of hydrogen-bond acceptors (Lipinski definition) is 4. The first-order valence-corrected chi connectivity index (χ1v) is 13.5. The maximum Gasteiger partial charge on any atom is 1.00 e. The molecule has 4 nitrogen and oxygen atoms in total. The van der Waals surface area contributed by atoms with Crippen LogP contribution in [0.25, 0.3) is 0 Å². The molecule has 0 saturated heterocycles. The second kappa shape index (κ2) is 22.1. The topological polar surface area (TPSA) is 77.4 Å². The summed E-state index contributed by atoms with van der Waals surface area (Å²) < 4.78 is 34.5. The van der Waals surface area contributed by atoms with Crippen LogP contribution in [0.2, 0.25) is 0 Å². The van der Waals surface area contributed by atoms with Crippen molar-refractivity contribution in [1.29, 1.82) is 0 Å². The van der Waals surface area contributed by atoms with Gasteiger partial charge in [-0.2, -0.15) is 0 Å². The molecule has 0 aromatic carbocycles. The van der Waals surface area contributed by atoms with Crippen molar-refractivity contribution in [1.82, 2.24) is 0 Å². The van der Waals surface area contributed by atoms with Gasteiger partial charge in [0.2, 0.25) is 0 Å². The molecule has 0 aromatic rings. The molecule has 0 amide bonds. The van der Waals surface area contributed by atoms with Crippen molar-refractivity contribution in [2.45, 2.75) is 147 Å². The van der Waals surface area contributed by atoms with E-state index in [1.54, 1.807) is 6.92 Å². The van der Waals surface area contributed by atoms with Gasteiger partial charge in [-0.15, -0.1) is 0 Å². The molecular weight excluding hydrogens is 395 g/mol. The van der Waals surface area contributed by atoms with Crippen molar-refractivity contribution in [3.8, 4) is 0 Å². The summed E-state index contributed by atoms with van der Waals surface area (Å²) >= 11 is 0. The van der Waals surface area contributed by atoms with Gasteiger partial charge in [-0.25, -0.2) is 8.42 Å². The van der Waals surface area contributed by atoms with E-state index in [0.717, 1.165) is 51.4 Å². The van der Waals surface area contributed by atoms with Crippen LogP contribution in [0.1, 0.15) is 136 Å². The summed E-state index contributed by atoms with van der Waals surface area (Å²) in [6.45, 7) is 4.03. The van der Waals surface area contributed by atoms with Crippen LogP contribution in [-0.4, -0.2) is 29.4 Å². The zero-order valence-corrected chi connectivity index (χ0v) is 22.5. The summed E-state index contributed by atoms with van der Waals surface area (Å²) in [5.74, 6) is 0. The van der Waals surface area contributed by atoms with Crippen LogP contribution in [0.15, 0.2) is 0 Å². The molecule has 0 aliphatic carbocycles. The average molecular weight is 443 g/mol. The van der Waals surface area contributed by atoms with Gasteiger partial charge in [0.25, 0.3) is 0 Å². The monoisotopic (exact) mass is 442 g/mol. The van der Waals surface area contributed by atoms with E-state index in [4.69, 9.17) is 0 Å². The quantitative estimate of drug-likeness (QED) is 0.167. The van der Waals surface area contributed by atoms with Crippen LogP contribution in [0.3, 0.4) is 0 Å². The molecule has 2 atom stereocenters. The molecule has 0 aliphatic rings. The molecule has 2 unspecified atom stereocenters. The van der Waals surface area contributed by atoms with E-state index in [2.05, 4.69) is 6.92 Å². The van der Waals surface area contributed by atoms with Gasteiger partial charge >= 0.3 is 29.6 Å². The van der Waals surface area contributed by atoms with E-state index < -0.39 is 15.4 Å². The number of unbranched alkanes of at least 4 members (excludes halogenated alkanes) is 14. The van der Waals surface area contributed by atoms with Crippen molar-refractivity contribution < 1.29 is 47.6 Å². The Balaban J connectivity index is 0. The number of rotatable bonds is 21. The fraction of sp³-hybridized carbons (Fsp3) is 1.00. The van der Waals surface area contributed by atoms with Crippen molar-refractivity contribution >= 4 is 10.1 Å². The Morgan fingerprint density at radius 2 is 0.966 bits per heavy atom. The first kappa shape index (κ1) is 32.1. The van der Waals surface area contributed by atoms with Crippen molar-refractivity contribution in [3.05, 3.63) is 0 Å². The zero-order valence-electron chi connectivity index (χ0n) is 19.7. The van der Waals surface area contributed by atoms with Gasteiger partial charge in [0.05, 0.1) is 16.2 Å². The summed E-state index contributed by atoms with van der Waals surface area (Å²) in [4.78, 5) is 0. The standard InChI is InChI=1S/C23H48O4S.Na/c1-3-4-5-6-7-8-9-10-11-12-13-17-20-23(28(25,26)27)21-18-15-14-16-19-22(2)24;/h22-24H,3-21H2,1-2H3,(H,25,26,27);/q;+1/p-1. The van der Waals surface area contributed by atoms with E-state index in [1.165, 1.54) is 57.8 Å². The molecule has 0 aromatic heterocycles. The normalized spacial score (nSPS) is 13.8. The number of aliphatic hydroxyl groups is 1. The third-order valence-electron chi connectivity index (χ3n) is 5.69. The minimum Gasteiger partial charge on any atom is -0.748 e. The van der Waals surface area contributed by atoms with Crippen LogP contribution in [0.5, 0.6) is 0 Å². The van der Waals surface area contributed by atoms with Gasteiger partial charge < -0.3 is 9.66 Å². The first-order chi connectivity index (χ1) is 13.4. The largest absolute Gasteiger partial charge is 1.00 e. The van der Waals surface area contributed by atoms with Gasteiger partial charge in [-0.05, 0) is 26.2 Å². The fourth-order valence-corrected chi connectivity index (χ4v) is 4.72. The van der Waals surface area contributed by atoms with Gasteiger partial charge in [0, 0.05) is 5.25 Å². The predicted octanol–water partition coefficient (Wildman–Crippen LogP) is 3.72. The molecule has 29 heavy (non-hydrogen) atoms. The number of aliphatic hydroxyl groups excluding tert-OH is 1. The third kappa shape index (κ3) is 23.4. The Labute approximate surface area is 204 Å². The van der Waals surface area contributed by atoms with E-state index in [0.29, 0.717) is 12.8 Å². The summed E-state index contributed by atoms with van der Waals surface area (Å²) in [6.07, 6.45) is 20.3. The van der Waals surface area contributed by atoms with E-state index in [1.807, 2.05) is 0 Å². The van der Waals surface area contributed by atoms with Crippen molar-refractivity contribution in [2.24, 2.45) is 0 Å². The second-order valence-corrected chi connectivity index (χ2v) is 10.3. The van der Waals surface area contributed by atoms with Gasteiger partial charge in [-0.1, -0.05) is 110 Å². The Morgan fingerprint density at radius 1 is 0.655 bits per heavy atom. The summed E-state index contributed by atoms with van der Waals surface area (Å²) in [6, 6.07) is 0. The Bertz CT molecular complexity index is 427. The molecule has 0 fully saturated rings. The smallest absolute Gasteiger partial charge is 0.748 e. The molecule has 0 bridgehead atoms. The molecular formula is C23H47NaO4S. The van der Waals surface area contributed by atoms with Crippen LogP contribution in [0, 0.1) is 0 Å². The molecule has 170 valence electrons. The van der Waals surface area contributed by atoms with Gasteiger partial charge in [0.1, 0.15) is 0 Å².